The summed E-state index contributed by atoms with van der Waals surface area (Å²) in [5.41, 5.74) is 3.17. The quantitative estimate of drug-likeness (QED) is 0.314. The molecule has 0 radical (unpaired) electrons. The predicted octanol–water partition coefficient (Wildman–Crippen LogP) is 2.39. The highest BCUT2D eigenvalue weighted by Gasteiger charge is 2.36. The van der Waals surface area contributed by atoms with Crippen LogP contribution < -0.4 is 10.7 Å². The normalized spacial score (nSPS) is 26.7. The Morgan fingerprint density at radius 2 is 2.00 bits per heavy atom. The number of hydrogen-bond donors (Lipinski definition) is 3. The first-order chi connectivity index (χ1) is 13.6. The average molecular weight is 399 g/mol. The maximum atomic E-state index is 12.4. The summed E-state index contributed by atoms with van der Waals surface area (Å²) in [5.74, 6) is 1.33. The van der Waals surface area contributed by atoms with Gasteiger partial charge in [-0.1, -0.05) is 24.3 Å². The van der Waals surface area contributed by atoms with Crippen molar-refractivity contribution in [3.8, 4) is 5.75 Å². The number of phenols is 1. The van der Waals surface area contributed by atoms with Gasteiger partial charge in [-0.15, -0.1) is 0 Å². The third-order valence-corrected chi connectivity index (χ3v) is 6.43. The Kier molecular flexibility index (Phi) is 5.62. The molecule has 0 unspecified atom stereocenters. The van der Waals surface area contributed by atoms with Crippen LogP contribution in [0.15, 0.2) is 41.5 Å². The van der Waals surface area contributed by atoms with Gasteiger partial charge in [0.25, 0.3) is 0 Å². The van der Waals surface area contributed by atoms with Crippen LogP contribution in [0.2, 0.25) is 0 Å². The molecule has 0 aromatic heterocycles. The second kappa shape index (κ2) is 8.31. The molecule has 1 aromatic rings. The second-order valence-electron chi connectivity index (χ2n) is 7.89. The van der Waals surface area contributed by atoms with Crippen molar-refractivity contribution < 1.29 is 9.90 Å². The Labute approximate surface area is 170 Å². The van der Waals surface area contributed by atoms with Crippen LogP contribution in [0.5, 0.6) is 5.75 Å². The summed E-state index contributed by atoms with van der Waals surface area (Å²) < 4.78 is 0. The third-order valence-electron chi connectivity index (χ3n) is 6.06. The Bertz CT molecular complexity index is 801. The Morgan fingerprint density at radius 1 is 1.21 bits per heavy atom. The fourth-order valence-electron chi connectivity index (χ4n) is 4.39. The number of benzene rings is 1. The van der Waals surface area contributed by atoms with Crippen molar-refractivity contribution >= 4 is 29.5 Å². The van der Waals surface area contributed by atoms with Gasteiger partial charge in [-0.25, -0.2) is 5.43 Å². The number of piperidine rings is 1. The van der Waals surface area contributed by atoms with Gasteiger partial charge >= 0.3 is 0 Å². The maximum absolute atomic E-state index is 12.4. The molecule has 1 aliphatic heterocycles. The third kappa shape index (κ3) is 4.19. The summed E-state index contributed by atoms with van der Waals surface area (Å²) in [7, 11) is 0. The molecule has 2 bridgehead atoms. The van der Waals surface area contributed by atoms with Gasteiger partial charge in [0.15, 0.2) is 5.11 Å². The molecule has 6 nitrogen and oxygen atoms in total. The van der Waals surface area contributed by atoms with Gasteiger partial charge in [0.1, 0.15) is 5.75 Å². The van der Waals surface area contributed by atoms with Gasteiger partial charge in [-0.05, 0) is 61.9 Å². The lowest BCUT2D eigenvalue weighted by Gasteiger charge is -2.35. The molecular weight excluding hydrogens is 372 g/mol. The predicted molar refractivity (Wildman–Crippen MR) is 113 cm³/mol. The van der Waals surface area contributed by atoms with Crippen LogP contribution in [0, 0.1) is 17.8 Å². The van der Waals surface area contributed by atoms with Crippen molar-refractivity contribution in [3.05, 3.63) is 42.0 Å². The summed E-state index contributed by atoms with van der Waals surface area (Å²) in [6, 6.07) is 7.34. The van der Waals surface area contributed by atoms with Crippen molar-refractivity contribution in [2.75, 3.05) is 13.1 Å². The van der Waals surface area contributed by atoms with Gasteiger partial charge in [-0.2, -0.15) is 5.10 Å². The zero-order valence-electron chi connectivity index (χ0n) is 15.8. The number of phenolic OH excluding ortho intramolecular Hbond substituents is 1. The van der Waals surface area contributed by atoms with Gasteiger partial charge < -0.3 is 15.3 Å². The molecule has 1 saturated carbocycles. The van der Waals surface area contributed by atoms with Crippen LogP contribution in [0.4, 0.5) is 0 Å². The number of aromatic hydroxyl groups is 1. The van der Waals surface area contributed by atoms with Crippen molar-refractivity contribution in [2.24, 2.45) is 22.9 Å². The van der Waals surface area contributed by atoms with Crippen LogP contribution in [0.3, 0.4) is 0 Å². The monoisotopic (exact) mass is 398 g/mol. The van der Waals surface area contributed by atoms with E-state index in [-0.39, 0.29) is 17.6 Å². The molecule has 2 fully saturated rings. The number of carbonyl (C=O) groups is 1. The van der Waals surface area contributed by atoms with E-state index >= 15 is 0 Å². The zero-order valence-corrected chi connectivity index (χ0v) is 16.6. The van der Waals surface area contributed by atoms with Crippen molar-refractivity contribution in [2.45, 2.75) is 31.7 Å². The number of nitrogens with one attached hydrogen (secondary N) is 2. The van der Waals surface area contributed by atoms with Crippen LogP contribution >= 0.6 is 12.2 Å². The lowest BCUT2D eigenvalue weighted by atomic mass is 9.96. The van der Waals surface area contributed by atoms with Crippen LogP contribution in [0.1, 0.15) is 31.2 Å². The highest BCUT2D eigenvalue weighted by molar-refractivity contribution is 7.80. The lowest BCUT2D eigenvalue weighted by molar-refractivity contribution is -0.126. The Hall–Kier alpha value is -2.41. The molecule has 28 heavy (non-hydrogen) atoms. The average Bonchev–Trinajstić information content (AvgIpc) is 3.32. The van der Waals surface area contributed by atoms with Gasteiger partial charge in [0.2, 0.25) is 5.91 Å². The number of likely N-dealkylation sites (tertiary alicyclic amines) is 1. The fourth-order valence-corrected chi connectivity index (χ4v) is 4.73. The van der Waals surface area contributed by atoms with E-state index in [1.54, 1.807) is 18.2 Å². The molecule has 148 valence electrons. The number of carbonyl (C=O) groups excluding carboxylic acids is 1. The number of hydrogen-bond acceptors (Lipinski definition) is 4. The van der Waals surface area contributed by atoms with Gasteiger partial charge in [0.05, 0.1) is 6.21 Å². The second-order valence-corrected chi connectivity index (χ2v) is 8.28. The minimum atomic E-state index is -0.0801. The minimum Gasteiger partial charge on any atom is -0.507 e. The van der Waals surface area contributed by atoms with E-state index in [1.807, 2.05) is 6.07 Å². The molecule has 1 amide bonds. The number of nitrogens with zero attached hydrogens (tertiary/aromatic N) is 2. The lowest BCUT2D eigenvalue weighted by Crippen LogP contribution is -2.49. The Morgan fingerprint density at radius 3 is 2.68 bits per heavy atom. The molecule has 7 heteroatoms. The molecule has 4 rings (SSSR count). The molecular formula is C21H26N4O2S. The number of amides is 1. The number of hydrazone groups is 1. The molecule has 2 aliphatic carbocycles. The molecule has 0 spiro atoms. The largest absolute Gasteiger partial charge is 0.507 e. The topological polar surface area (TPSA) is 77.0 Å². The van der Waals surface area contributed by atoms with Crippen molar-refractivity contribution in [1.82, 2.24) is 15.6 Å². The first-order valence-electron chi connectivity index (χ1n) is 9.95. The van der Waals surface area contributed by atoms with E-state index in [1.165, 1.54) is 19.1 Å². The van der Waals surface area contributed by atoms with Crippen LogP contribution in [-0.2, 0) is 4.79 Å². The highest BCUT2D eigenvalue weighted by Crippen LogP contribution is 2.39. The van der Waals surface area contributed by atoms with Crippen molar-refractivity contribution in [3.63, 3.8) is 0 Å². The summed E-state index contributed by atoms with van der Waals surface area (Å²) in [4.78, 5) is 14.5. The molecule has 1 saturated heterocycles. The van der Waals surface area contributed by atoms with Crippen LogP contribution in [-0.4, -0.2) is 46.4 Å². The molecule has 3 atom stereocenters. The SMILES string of the molecule is O=C(N/N=C\c1ccccc1O)C1CCN(C(=S)N[C@@H]2C[C@H]3C=C[C@H]2C3)CC1. The number of rotatable bonds is 4. The summed E-state index contributed by atoms with van der Waals surface area (Å²) in [6.45, 7) is 1.56. The first-order valence-corrected chi connectivity index (χ1v) is 10.4. The Balaban J connectivity index is 1.21. The summed E-state index contributed by atoms with van der Waals surface area (Å²) >= 11 is 5.61. The van der Waals surface area contributed by atoms with E-state index in [4.69, 9.17) is 12.2 Å². The minimum absolute atomic E-state index is 0.0639. The van der Waals surface area contributed by atoms with Crippen LogP contribution in [0.25, 0.3) is 0 Å². The van der Waals surface area contributed by atoms with E-state index in [0.29, 0.717) is 17.5 Å². The molecule has 3 aliphatic rings. The standard InChI is InChI=1S/C21H26N4O2S/c26-19-4-2-1-3-17(19)13-22-24-20(27)15-7-9-25(10-8-15)21(28)23-18-12-14-5-6-16(18)11-14/h1-6,13-16,18,26H,7-12H2,(H,23,28)(H,24,27)/b22-13-/t14-,16-,18+/m0/s1. The highest BCUT2D eigenvalue weighted by atomic mass is 32.1. The molecule has 1 heterocycles. The van der Waals surface area contributed by atoms with E-state index in [2.05, 4.69) is 32.9 Å². The first kappa shape index (κ1) is 18.9. The van der Waals surface area contributed by atoms with E-state index < -0.39 is 0 Å². The van der Waals surface area contributed by atoms with Gasteiger partial charge in [0, 0.05) is 30.6 Å². The maximum Gasteiger partial charge on any atom is 0.243 e. The number of thiocarbonyl (C=S) groups is 1. The number of para-hydroxylation sites is 1. The number of fused-ring (bicyclic) bond motifs is 2. The van der Waals surface area contributed by atoms with Gasteiger partial charge in [-0.3, -0.25) is 4.79 Å². The summed E-state index contributed by atoms with van der Waals surface area (Å²) in [6.07, 6.45) is 10.1. The molecule has 1 aromatic carbocycles. The fraction of sp³-hybridized carbons (Fsp3) is 0.476. The van der Waals surface area contributed by atoms with Crippen molar-refractivity contribution in [1.29, 1.82) is 0 Å². The summed E-state index contributed by atoms with van der Waals surface area (Å²) in [5, 5.41) is 18.1. The zero-order chi connectivity index (χ0) is 19.5. The molecule has 3 N–H and O–H groups in total. The van der Waals surface area contributed by atoms with E-state index in [0.717, 1.165) is 37.0 Å². The van der Waals surface area contributed by atoms with E-state index in [9.17, 15) is 9.90 Å². The smallest absolute Gasteiger partial charge is 0.243 e. The number of allylic oxidation sites excluding steroid dienone is 1.